The first-order valence-corrected chi connectivity index (χ1v) is 9.49. The summed E-state index contributed by atoms with van der Waals surface area (Å²) in [6, 6.07) is 9.55. The van der Waals surface area contributed by atoms with Crippen LogP contribution in [0.5, 0.6) is 0 Å². The number of nitrogens with zero attached hydrogens (tertiary/aromatic N) is 3. The van der Waals surface area contributed by atoms with Crippen molar-refractivity contribution in [1.29, 1.82) is 0 Å². The summed E-state index contributed by atoms with van der Waals surface area (Å²) in [7, 11) is 0. The number of carbonyl (C=O) groups is 2. The summed E-state index contributed by atoms with van der Waals surface area (Å²) in [5.74, 6) is 0.287. The molecule has 0 radical (unpaired) electrons. The summed E-state index contributed by atoms with van der Waals surface area (Å²) in [4.78, 5) is 30.8. The van der Waals surface area contributed by atoms with Crippen molar-refractivity contribution in [2.45, 2.75) is 6.42 Å². The highest BCUT2D eigenvalue weighted by atomic mass is 35.5. The van der Waals surface area contributed by atoms with E-state index in [2.05, 4.69) is 20.4 Å². The number of para-hydroxylation sites is 1. The van der Waals surface area contributed by atoms with Crippen molar-refractivity contribution in [1.82, 2.24) is 20.0 Å². The number of anilines is 1. The van der Waals surface area contributed by atoms with Gasteiger partial charge in [0.25, 0.3) is 0 Å². The van der Waals surface area contributed by atoms with Crippen molar-refractivity contribution < 1.29 is 9.59 Å². The normalized spacial score (nSPS) is 17.9. The van der Waals surface area contributed by atoms with Crippen molar-refractivity contribution in [3.8, 4) is 0 Å². The zero-order valence-electron chi connectivity index (χ0n) is 16.1. The fraction of sp³-hybridized carbons (Fsp3) is 0.579. The minimum absolute atomic E-state index is 0. The molecule has 2 N–H and O–H groups in total. The highest BCUT2D eigenvalue weighted by Gasteiger charge is 2.21. The maximum atomic E-state index is 12.2. The molecule has 7 nitrogen and oxygen atoms in total. The van der Waals surface area contributed by atoms with Crippen LogP contribution in [0.4, 0.5) is 5.69 Å². The molecule has 0 aromatic heterocycles. The summed E-state index contributed by atoms with van der Waals surface area (Å²) in [5, 5.41) is 6.20. The second-order valence-corrected chi connectivity index (χ2v) is 6.91. The van der Waals surface area contributed by atoms with Crippen molar-refractivity contribution in [3.05, 3.63) is 30.3 Å². The van der Waals surface area contributed by atoms with Gasteiger partial charge in [-0.2, -0.15) is 0 Å². The number of benzene rings is 1. The van der Waals surface area contributed by atoms with Gasteiger partial charge in [-0.1, -0.05) is 18.2 Å². The van der Waals surface area contributed by atoms with Gasteiger partial charge in [0.05, 0.1) is 6.54 Å². The number of hydrogen-bond acceptors (Lipinski definition) is 5. The van der Waals surface area contributed by atoms with Crippen LogP contribution in [-0.2, 0) is 9.59 Å². The van der Waals surface area contributed by atoms with E-state index < -0.39 is 0 Å². The van der Waals surface area contributed by atoms with Gasteiger partial charge in [0.1, 0.15) is 0 Å². The number of halogens is 2. The summed E-state index contributed by atoms with van der Waals surface area (Å²) in [6.07, 6.45) is 0.592. The van der Waals surface area contributed by atoms with Crippen LogP contribution < -0.4 is 10.6 Å². The Bertz CT molecular complexity index is 591. The first kappa shape index (κ1) is 24.7. The van der Waals surface area contributed by atoms with Gasteiger partial charge in [0.15, 0.2) is 0 Å². The van der Waals surface area contributed by atoms with E-state index in [1.165, 1.54) is 0 Å². The fourth-order valence-electron chi connectivity index (χ4n) is 3.42. The molecular formula is C19H31Cl2N5O2. The van der Waals surface area contributed by atoms with Crippen LogP contribution in [0.3, 0.4) is 0 Å². The van der Waals surface area contributed by atoms with Gasteiger partial charge in [-0.3, -0.25) is 14.5 Å². The average molecular weight is 432 g/mol. The number of nitrogens with one attached hydrogen (secondary N) is 2. The minimum Gasteiger partial charge on any atom is -0.340 e. The minimum atomic E-state index is 0. The largest absolute Gasteiger partial charge is 0.340 e. The third kappa shape index (κ3) is 7.93. The van der Waals surface area contributed by atoms with Crippen molar-refractivity contribution in [3.63, 3.8) is 0 Å². The van der Waals surface area contributed by atoms with Crippen LogP contribution in [0.15, 0.2) is 30.3 Å². The zero-order valence-corrected chi connectivity index (χ0v) is 17.8. The molecule has 0 aliphatic carbocycles. The van der Waals surface area contributed by atoms with E-state index in [9.17, 15) is 9.59 Å². The molecule has 3 rings (SSSR count). The summed E-state index contributed by atoms with van der Waals surface area (Å²) >= 11 is 0. The lowest BCUT2D eigenvalue weighted by atomic mass is 10.2. The fourth-order valence-corrected chi connectivity index (χ4v) is 3.42. The zero-order chi connectivity index (χ0) is 18.2. The highest BCUT2D eigenvalue weighted by molar-refractivity contribution is 5.92. The van der Waals surface area contributed by atoms with Crippen molar-refractivity contribution in [2.75, 3.05) is 70.8 Å². The van der Waals surface area contributed by atoms with Gasteiger partial charge in [0.2, 0.25) is 11.8 Å². The molecule has 0 unspecified atom stereocenters. The Balaban J connectivity index is 0.00000196. The molecule has 158 valence electrons. The lowest BCUT2D eigenvalue weighted by Crippen LogP contribution is -2.50. The molecule has 2 fully saturated rings. The Morgan fingerprint density at radius 3 is 2.14 bits per heavy atom. The number of amides is 2. The predicted octanol–water partition coefficient (Wildman–Crippen LogP) is 0.908. The Kier molecular flexibility index (Phi) is 11.4. The number of carbonyl (C=O) groups excluding carboxylic acids is 2. The van der Waals surface area contributed by atoms with Crippen LogP contribution >= 0.6 is 24.8 Å². The van der Waals surface area contributed by atoms with Gasteiger partial charge in [0, 0.05) is 71.0 Å². The van der Waals surface area contributed by atoms with Crippen LogP contribution in [-0.4, -0.2) is 92.0 Å². The second-order valence-electron chi connectivity index (χ2n) is 6.91. The number of hydrogen-bond donors (Lipinski definition) is 2. The van der Waals surface area contributed by atoms with Gasteiger partial charge < -0.3 is 20.4 Å². The summed E-state index contributed by atoms with van der Waals surface area (Å²) < 4.78 is 0. The van der Waals surface area contributed by atoms with E-state index >= 15 is 0 Å². The quantitative estimate of drug-likeness (QED) is 0.700. The maximum absolute atomic E-state index is 12.2. The van der Waals surface area contributed by atoms with Gasteiger partial charge in [-0.15, -0.1) is 24.8 Å². The van der Waals surface area contributed by atoms with E-state index in [0.29, 0.717) is 13.0 Å². The Morgan fingerprint density at radius 2 is 1.50 bits per heavy atom. The molecule has 0 bridgehead atoms. The topological polar surface area (TPSA) is 67.9 Å². The van der Waals surface area contributed by atoms with Gasteiger partial charge in [-0.05, 0) is 12.1 Å². The second kappa shape index (κ2) is 13.0. The third-order valence-corrected chi connectivity index (χ3v) is 5.00. The molecular weight excluding hydrogens is 401 g/mol. The maximum Gasteiger partial charge on any atom is 0.238 e. The van der Waals surface area contributed by atoms with E-state index in [0.717, 1.165) is 64.6 Å². The molecule has 2 saturated heterocycles. The molecule has 28 heavy (non-hydrogen) atoms. The molecule has 0 atom stereocenters. The number of piperazine rings is 2. The van der Waals surface area contributed by atoms with E-state index in [4.69, 9.17) is 0 Å². The Morgan fingerprint density at radius 1 is 0.893 bits per heavy atom. The van der Waals surface area contributed by atoms with E-state index in [1.807, 2.05) is 35.2 Å². The first-order chi connectivity index (χ1) is 12.7. The predicted molar refractivity (Wildman–Crippen MR) is 117 cm³/mol. The molecule has 2 amide bonds. The average Bonchev–Trinajstić information content (AvgIpc) is 2.68. The standard InChI is InChI=1S/C19H29N5O2.2ClH/c25-18(21-17-4-2-1-3-5-17)16-23-14-12-22(13-15-23)9-6-19(26)24-10-7-20-8-11-24;;/h1-5,20H,6-16H2,(H,21,25);2*1H. The summed E-state index contributed by atoms with van der Waals surface area (Å²) in [6.45, 7) is 8.22. The SMILES string of the molecule is Cl.Cl.O=C(CN1CCN(CCC(=O)N2CCNCC2)CC1)Nc1ccccc1. The third-order valence-electron chi connectivity index (χ3n) is 5.00. The number of rotatable bonds is 6. The Labute approximate surface area is 179 Å². The van der Waals surface area contributed by atoms with E-state index in [1.54, 1.807) is 0 Å². The molecule has 2 aliphatic rings. The van der Waals surface area contributed by atoms with Crippen molar-refractivity contribution in [2.24, 2.45) is 0 Å². The highest BCUT2D eigenvalue weighted by Crippen LogP contribution is 2.07. The van der Waals surface area contributed by atoms with Crippen LogP contribution in [0.2, 0.25) is 0 Å². The molecule has 1 aromatic carbocycles. The van der Waals surface area contributed by atoms with Crippen LogP contribution in [0.25, 0.3) is 0 Å². The lowest BCUT2D eigenvalue weighted by Gasteiger charge is -2.34. The van der Waals surface area contributed by atoms with Crippen LogP contribution in [0, 0.1) is 0 Å². The first-order valence-electron chi connectivity index (χ1n) is 9.49. The van der Waals surface area contributed by atoms with Crippen molar-refractivity contribution >= 4 is 42.3 Å². The van der Waals surface area contributed by atoms with Gasteiger partial charge in [-0.25, -0.2) is 0 Å². The van der Waals surface area contributed by atoms with Gasteiger partial charge >= 0.3 is 0 Å². The molecule has 9 heteroatoms. The smallest absolute Gasteiger partial charge is 0.238 e. The molecule has 2 heterocycles. The monoisotopic (exact) mass is 431 g/mol. The molecule has 1 aromatic rings. The molecule has 0 spiro atoms. The molecule has 0 saturated carbocycles. The molecule has 2 aliphatic heterocycles. The Hall–Kier alpha value is -1.38. The lowest BCUT2D eigenvalue weighted by molar-refractivity contribution is -0.132. The van der Waals surface area contributed by atoms with E-state index in [-0.39, 0.29) is 36.6 Å². The van der Waals surface area contributed by atoms with Crippen LogP contribution in [0.1, 0.15) is 6.42 Å². The summed E-state index contributed by atoms with van der Waals surface area (Å²) in [5.41, 5.74) is 0.836.